The van der Waals surface area contributed by atoms with Crippen LogP contribution < -0.4 is 9.47 Å². The normalized spacial score (nSPS) is 12.6. The molecule has 8 heteroatoms. The summed E-state index contributed by atoms with van der Waals surface area (Å²) in [6, 6.07) is 6.31. The first-order valence-corrected chi connectivity index (χ1v) is 10.3. The predicted molar refractivity (Wildman–Crippen MR) is 117 cm³/mol. The second-order valence-corrected chi connectivity index (χ2v) is 7.50. The summed E-state index contributed by atoms with van der Waals surface area (Å²) in [6.45, 7) is 6.59. The number of carbonyl (C=O) groups excluding carboxylic acids is 2. The van der Waals surface area contributed by atoms with Crippen molar-refractivity contribution in [2.24, 2.45) is 5.92 Å². The number of phenolic OH excluding ortho intramolecular Hbond substituents is 1. The number of esters is 2. The van der Waals surface area contributed by atoms with E-state index < -0.39 is 18.0 Å². The van der Waals surface area contributed by atoms with Crippen molar-refractivity contribution in [1.82, 2.24) is 0 Å². The Balaban J connectivity index is 2.72. The Morgan fingerprint density at radius 2 is 1.81 bits per heavy atom. The monoisotopic (exact) mass is 446 g/mol. The highest BCUT2D eigenvalue weighted by Gasteiger charge is 2.31. The number of phenols is 1. The zero-order valence-electron chi connectivity index (χ0n) is 19.2. The third-order valence-corrected chi connectivity index (χ3v) is 5.18. The molecule has 0 spiro atoms. The third kappa shape index (κ3) is 5.31. The average molecular weight is 446 g/mol. The molecule has 2 aromatic carbocycles. The standard InChI is InChI=1S/C24H30O8/c1-7-14(3)21(31-15(4)26)17-8-9-19(20(23(17)29-5)24(28)30-6)32-22-16(12-25)10-13(2)11-18(22)27/h8-11,14,21,25,27H,7,12H2,1-6H3. The number of aliphatic hydroxyl groups excluding tert-OH is 1. The lowest BCUT2D eigenvalue weighted by molar-refractivity contribution is -0.149. The van der Waals surface area contributed by atoms with Crippen molar-refractivity contribution < 1.29 is 38.7 Å². The first kappa shape index (κ1) is 25.0. The molecule has 2 unspecified atom stereocenters. The molecular formula is C24H30O8. The van der Waals surface area contributed by atoms with E-state index in [0.29, 0.717) is 17.5 Å². The van der Waals surface area contributed by atoms with Crippen molar-refractivity contribution in [2.45, 2.75) is 46.8 Å². The largest absolute Gasteiger partial charge is 0.504 e. The lowest BCUT2D eigenvalue weighted by atomic mass is 9.92. The molecule has 2 rings (SSSR count). The molecule has 0 radical (unpaired) electrons. The number of aliphatic hydroxyl groups is 1. The number of hydrogen-bond acceptors (Lipinski definition) is 8. The minimum absolute atomic E-state index is 0.0107. The molecule has 0 aromatic heterocycles. The number of ether oxygens (including phenoxy) is 4. The van der Waals surface area contributed by atoms with E-state index in [1.165, 1.54) is 33.3 Å². The molecule has 0 aliphatic carbocycles. The van der Waals surface area contributed by atoms with Crippen LogP contribution in [0.2, 0.25) is 0 Å². The first-order valence-electron chi connectivity index (χ1n) is 10.3. The van der Waals surface area contributed by atoms with Crippen LogP contribution in [0.3, 0.4) is 0 Å². The zero-order chi connectivity index (χ0) is 24.0. The minimum Gasteiger partial charge on any atom is -0.504 e. The highest BCUT2D eigenvalue weighted by Crippen LogP contribution is 2.44. The van der Waals surface area contributed by atoms with E-state index in [9.17, 15) is 19.8 Å². The van der Waals surface area contributed by atoms with Crippen LogP contribution in [0.4, 0.5) is 0 Å². The van der Waals surface area contributed by atoms with E-state index in [1.54, 1.807) is 19.1 Å². The molecule has 0 aliphatic heterocycles. The Morgan fingerprint density at radius 3 is 2.34 bits per heavy atom. The van der Waals surface area contributed by atoms with Crippen molar-refractivity contribution in [3.63, 3.8) is 0 Å². The SMILES string of the molecule is CCC(C)C(OC(C)=O)c1ccc(Oc2c(O)cc(C)cc2CO)c(C(=O)OC)c1OC. The van der Waals surface area contributed by atoms with Gasteiger partial charge in [0, 0.05) is 18.1 Å². The Labute approximate surface area is 187 Å². The summed E-state index contributed by atoms with van der Waals surface area (Å²) in [4.78, 5) is 24.5. The smallest absolute Gasteiger partial charge is 0.345 e. The van der Waals surface area contributed by atoms with Crippen LogP contribution in [0.5, 0.6) is 23.0 Å². The fourth-order valence-corrected chi connectivity index (χ4v) is 3.46. The van der Waals surface area contributed by atoms with Gasteiger partial charge in [-0.2, -0.15) is 0 Å². The van der Waals surface area contributed by atoms with Crippen LogP contribution in [0.25, 0.3) is 0 Å². The molecule has 32 heavy (non-hydrogen) atoms. The van der Waals surface area contributed by atoms with Gasteiger partial charge in [-0.15, -0.1) is 0 Å². The molecular weight excluding hydrogens is 416 g/mol. The lowest BCUT2D eigenvalue weighted by Crippen LogP contribution is -2.18. The van der Waals surface area contributed by atoms with Gasteiger partial charge in [0.1, 0.15) is 23.2 Å². The number of benzene rings is 2. The van der Waals surface area contributed by atoms with Crippen molar-refractivity contribution in [3.05, 3.63) is 46.5 Å². The van der Waals surface area contributed by atoms with Gasteiger partial charge < -0.3 is 29.2 Å². The summed E-state index contributed by atoms with van der Waals surface area (Å²) in [5, 5.41) is 20.1. The third-order valence-electron chi connectivity index (χ3n) is 5.18. The molecule has 2 aromatic rings. The van der Waals surface area contributed by atoms with E-state index in [1.807, 2.05) is 13.8 Å². The van der Waals surface area contributed by atoms with Gasteiger partial charge in [0.25, 0.3) is 0 Å². The number of aromatic hydroxyl groups is 1. The van der Waals surface area contributed by atoms with Crippen molar-refractivity contribution in [1.29, 1.82) is 0 Å². The van der Waals surface area contributed by atoms with Crippen molar-refractivity contribution >= 4 is 11.9 Å². The number of hydrogen-bond donors (Lipinski definition) is 2. The second kappa shape index (κ2) is 10.9. The maximum Gasteiger partial charge on any atom is 0.345 e. The molecule has 0 saturated heterocycles. The number of methoxy groups -OCH3 is 2. The molecule has 174 valence electrons. The summed E-state index contributed by atoms with van der Waals surface area (Å²) >= 11 is 0. The van der Waals surface area contributed by atoms with Crippen molar-refractivity contribution in [2.75, 3.05) is 14.2 Å². The molecule has 0 saturated carbocycles. The van der Waals surface area contributed by atoms with Gasteiger partial charge in [0.15, 0.2) is 11.5 Å². The molecule has 2 atom stereocenters. The summed E-state index contributed by atoms with van der Waals surface area (Å²) in [5.41, 5.74) is 1.54. The van der Waals surface area contributed by atoms with Gasteiger partial charge in [0.2, 0.25) is 0 Å². The van der Waals surface area contributed by atoms with E-state index >= 15 is 0 Å². The summed E-state index contributed by atoms with van der Waals surface area (Å²) in [5.74, 6) is -1.25. The Hall–Kier alpha value is -3.26. The summed E-state index contributed by atoms with van der Waals surface area (Å²) in [6.07, 6.45) is 0.0509. The summed E-state index contributed by atoms with van der Waals surface area (Å²) < 4.78 is 21.9. The quantitative estimate of drug-likeness (QED) is 0.544. The molecule has 8 nitrogen and oxygen atoms in total. The Kier molecular flexibility index (Phi) is 8.48. The Bertz CT molecular complexity index is 982. The van der Waals surface area contributed by atoms with Gasteiger partial charge in [0.05, 0.1) is 20.8 Å². The number of carbonyl (C=O) groups is 2. The van der Waals surface area contributed by atoms with Crippen LogP contribution in [0, 0.1) is 12.8 Å². The van der Waals surface area contributed by atoms with Gasteiger partial charge in [-0.3, -0.25) is 4.79 Å². The predicted octanol–water partition coefficient (Wildman–Crippen LogP) is 4.43. The van der Waals surface area contributed by atoms with E-state index in [0.717, 1.165) is 5.56 Å². The van der Waals surface area contributed by atoms with E-state index in [2.05, 4.69) is 0 Å². The first-order chi connectivity index (χ1) is 15.2. The minimum atomic E-state index is -0.735. The summed E-state index contributed by atoms with van der Waals surface area (Å²) in [7, 11) is 2.61. The molecule has 0 heterocycles. The van der Waals surface area contributed by atoms with Crippen molar-refractivity contribution in [3.8, 4) is 23.0 Å². The number of aryl methyl sites for hydroxylation is 1. The van der Waals surface area contributed by atoms with Crippen LogP contribution in [-0.4, -0.2) is 36.4 Å². The van der Waals surface area contributed by atoms with E-state index in [-0.39, 0.29) is 41.1 Å². The van der Waals surface area contributed by atoms with Crippen LogP contribution in [0.1, 0.15) is 60.3 Å². The molecule has 0 fully saturated rings. The fraction of sp³-hybridized carbons (Fsp3) is 0.417. The van der Waals surface area contributed by atoms with Gasteiger partial charge in [-0.1, -0.05) is 13.8 Å². The highest BCUT2D eigenvalue weighted by atomic mass is 16.5. The maximum atomic E-state index is 12.7. The Morgan fingerprint density at radius 1 is 1.12 bits per heavy atom. The van der Waals surface area contributed by atoms with Crippen LogP contribution in [-0.2, 0) is 20.9 Å². The van der Waals surface area contributed by atoms with Gasteiger partial charge in [-0.25, -0.2) is 4.79 Å². The van der Waals surface area contributed by atoms with Gasteiger partial charge in [-0.05, 0) is 49.1 Å². The fourth-order valence-electron chi connectivity index (χ4n) is 3.46. The molecule has 0 amide bonds. The average Bonchev–Trinajstić information content (AvgIpc) is 2.77. The number of rotatable bonds is 9. The zero-order valence-corrected chi connectivity index (χ0v) is 19.2. The van der Waals surface area contributed by atoms with Crippen LogP contribution in [0.15, 0.2) is 24.3 Å². The van der Waals surface area contributed by atoms with Crippen LogP contribution >= 0.6 is 0 Å². The topological polar surface area (TPSA) is 112 Å². The molecule has 0 bridgehead atoms. The second-order valence-electron chi connectivity index (χ2n) is 7.50. The molecule has 0 aliphatic rings. The highest BCUT2D eigenvalue weighted by molar-refractivity contribution is 5.96. The lowest BCUT2D eigenvalue weighted by Gasteiger charge is -2.26. The van der Waals surface area contributed by atoms with E-state index in [4.69, 9.17) is 18.9 Å². The maximum absolute atomic E-state index is 12.7. The van der Waals surface area contributed by atoms with Gasteiger partial charge >= 0.3 is 11.9 Å². The molecule has 2 N–H and O–H groups in total.